The Morgan fingerprint density at radius 2 is 1.43 bits per heavy atom. The Balaban J connectivity index is 2.16. The van der Waals surface area contributed by atoms with Crippen LogP contribution in [-0.2, 0) is 0 Å². The Labute approximate surface area is 141 Å². The van der Waals surface area contributed by atoms with Crippen molar-refractivity contribution in [1.29, 1.82) is 0 Å². The molecule has 2 rings (SSSR count). The van der Waals surface area contributed by atoms with E-state index in [1.807, 2.05) is 6.07 Å². The van der Waals surface area contributed by atoms with E-state index in [0.29, 0.717) is 15.1 Å². The molecule has 2 atom stereocenters. The maximum absolute atomic E-state index is 6.29. The molecule has 112 valence electrons. The van der Waals surface area contributed by atoms with Crippen LogP contribution in [0.3, 0.4) is 0 Å². The molecule has 0 aromatic heterocycles. The monoisotopic (exact) mass is 341 g/mol. The van der Waals surface area contributed by atoms with E-state index in [9.17, 15) is 0 Å². The quantitative estimate of drug-likeness (QED) is 0.637. The van der Waals surface area contributed by atoms with Gasteiger partial charge in [0.05, 0.1) is 15.1 Å². The van der Waals surface area contributed by atoms with Crippen molar-refractivity contribution in [3.63, 3.8) is 0 Å². The Morgan fingerprint density at radius 1 is 0.810 bits per heavy atom. The Hall–Kier alpha value is -0.730. The van der Waals surface area contributed by atoms with Crippen LogP contribution in [0.25, 0.3) is 0 Å². The van der Waals surface area contributed by atoms with Crippen LogP contribution in [-0.4, -0.2) is 0 Å². The second-order valence-corrected chi connectivity index (χ2v) is 6.45. The van der Waals surface area contributed by atoms with Crippen molar-refractivity contribution in [2.75, 3.05) is 0 Å². The molecular weight excluding hydrogens is 325 g/mol. The summed E-state index contributed by atoms with van der Waals surface area (Å²) >= 11 is 18.4. The third-order valence-electron chi connectivity index (χ3n) is 3.61. The average molecular weight is 343 g/mol. The minimum Gasteiger partial charge on any atom is -0.304 e. The molecule has 0 aliphatic rings. The first-order chi connectivity index (χ1) is 9.90. The summed E-state index contributed by atoms with van der Waals surface area (Å²) in [5, 5.41) is 4.93. The fraction of sp³-hybridized carbons (Fsp3) is 0.294. The van der Waals surface area contributed by atoms with Gasteiger partial charge in [-0.3, -0.25) is 0 Å². The van der Waals surface area contributed by atoms with Gasteiger partial charge in [0, 0.05) is 12.1 Å². The first-order valence-electron chi connectivity index (χ1n) is 6.86. The number of hydrogen-bond acceptors (Lipinski definition) is 1. The summed E-state index contributed by atoms with van der Waals surface area (Å²) < 4.78 is 0. The van der Waals surface area contributed by atoms with Gasteiger partial charge in [0.15, 0.2) is 0 Å². The van der Waals surface area contributed by atoms with Crippen molar-refractivity contribution in [2.24, 2.45) is 0 Å². The van der Waals surface area contributed by atoms with E-state index in [1.54, 1.807) is 6.07 Å². The van der Waals surface area contributed by atoms with Crippen LogP contribution in [0.15, 0.2) is 36.4 Å². The molecule has 0 heterocycles. The molecule has 1 N–H and O–H groups in total. The molecule has 0 spiro atoms. The highest BCUT2D eigenvalue weighted by atomic mass is 35.5. The van der Waals surface area contributed by atoms with Gasteiger partial charge in [-0.2, -0.15) is 0 Å². The molecule has 0 aliphatic heterocycles. The van der Waals surface area contributed by atoms with Crippen LogP contribution in [0.4, 0.5) is 0 Å². The number of benzene rings is 2. The number of rotatable bonds is 4. The molecular formula is C17H18Cl3N. The van der Waals surface area contributed by atoms with Crippen LogP contribution in [0.2, 0.25) is 15.1 Å². The predicted octanol–water partition coefficient (Wildman–Crippen LogP) is 6.37. The number of halogens is 3. The molecule has 0 aliphatic carbocycles. The maximum atomic E-state index is 6.29. The van der Waals surface area contributed by atoms with Gasteiger partial charge in [-0.05, 0) is 38.0 Å². The van der Waals surface area contributed by atoms with Gasteiger partial charge in [-0.15, -0.1) is 0 Å². The lowest BCUT2D eigenvalue weighted by Gasteiger charge is -2.22. The lowest BCUT2D eigenvalue weighted by molar-refractivity contribution is 0.495. The molecule has 1 nitrogen and oxygen atoms in total. The molecule has 0 saturated heterocycles. The number of aryl methyl sites for hydroxylation is 1. The topological polar surface area (TPSA) is 12.0 Å². The standard InChI is InChI=1S/C17H18Cl3N/c1-10-4-6-13(7-5-10)11(2)21-12(3)14-8-9-15(18)17(20)16(14)19/h4-9,11-12,21H,1-3H3. The van der Waals surface area contributed by atoms with Gasteiger partial charge in [-0.1, -0.05) is 70.7 Å². The van der Waals surface area contributed by atoms with Gasteiger partial charge >= 0.3 is 0 Å². The summed E-state index contributed by atoms with van der Waals surface area (Å²) in [6, 6.07) is 12.5. The third kappa shape index (κ3) is 3.92. The van der Waals surface area contributed by atoms with E-state index >= 15 is 0 Å². The van der Waals surface area contributed by atoms with E-state index in [0.717, 1.165) is 5.56 Å². The van der Waals surface area contributed by atoms with Gasteiger partial charge in [0.2, 0.25) is 0 Å². The van der Waals surface area contributed by atoms with Gasteiger partial charge in [-0.25, -0.2) is 0 Å². The Bertz CT molecular complexity index is 623. The summed E-state index contributed by atoms with van der Waals surface area (Å²) in [6.07, 6.45) is 0. The molecule has 0 radical (unpaired) electrons. The van der Waals surface area contributed by atoms with Crippen molar-refractivity contribution in [2.45, 2.75) is 32.9 Å². The normalized spacial score (nSPS) is 14.0. The zero-order chi connectivity index (χ0) is 15.6. The number of hydrogen-bond donors (Lipinski definition) is 1. The molecule has 4 heteroatoms. The summed E-state index contributed by atoms with van der Waals surface area (Å²) in [7, 11) is 0. The molecule has 2 aromatic carbocycles. The highest BCUT2D eigenvalue weighted by Gasteiger charge is 2.16. The fourth-order valence-electron chi connectivity index (χ4n) is 2.29. The van der Waals surface area contributed by atoms with Crippen LogP contribution in [0.1, 0.15) is 42.6 Å². The van der Waals surface area contributed by atoms with Crippen molar-refractivity contribution >= 4 is 34.8 Å². The van der Waals surface area contributed by atoms with Crippen LogP contribution < -0.4 is 5.32 Å². The molecule has 0 amide bonds. The van der Waals surface area contributed by atoms with Crippen LogP contribution >= 0.6 is 34.8 Å². The van der Waals surface area contributed by atoms with E-state index in [4.69, 9.17) is 34.8 Å². The second-order valence-electron chi connectivity index (χ2n) is 5.29. The minimum absolute atomic E-state index is 0.0727. The molecule has 2 unspecified atom stereocenters. The largest absolute Gasteiger partial charge is 0.304 e. The summed E-state index contributed by atoms with van der Waals surface area (Å²) in [5.41, 5.74) is 3.44. The fourth-order valence-corrected chi connectivity index (χ4v) is 3.00. The van der Waals surface area contributed by atoms with Gasteiger partial charge < -0.3 is 5.32 Å². The zero-order valence-electron chi connectivity index (χ0n) is 12.3. The van der Waals surface area contributed by atoms with Crippen LogP contribution in [0.5, 0.6) is 0 Å². The van der Waals surface area contributed by atoms with Crippen molar-refractivity contribution in [3.8, 4) is 0 Å². The first kappa shape index (κ1) is 16.6. The summed E-state index contributed by atoms with van der Waals surface area (Å²) in [5.74, 6) is 0. The molecule has 0 fully saturated rings. The maximum Gasteiger partial charge on any atom is 0.0781 e. The highest BCUT2D eigenvalue weighted by Crippen LogP contribution is 2.36. The molecule has 0 bridgehead atoms. The van der Waals surface area contributed by atoms with Gasteiger partial charge in [0.1, 0.15) is 0 Å². The molecule has 0 saturated carbocycles. The molecule has 2 aromatic rings. The highest BCUT2D eigenvalue weighted by molar-refractivity contribution is 6.48. The lowest BCUT2D eigenvalue weighted by Crippen LogP contribution is -2.22. The van der Waals surface area contributed by atoms with E-state index in [1.165, 1.54) is 11.1 Å². The van der Waals surface area contributed by atoms with Crippen molar-refractivity contribution in [1.82, 2.24) is 5.32 Å². The lowest BCUT2D eigenvalue weighted by atomic mass is 10.0. The second kappa shape index (κ2) is 7.02. The average Bonchev–Trinajstić information content (AvgIpc) is 2.45. The van der Waals surface area contributed by atoms with Crippen molar-refractivity contribution in [3.05, 3.63) is 68.2 Å². The molecule has 21 heavy (non-hydrogen) atoms. The summed E-state index contributed by atoms with van der Waals surface area (Å²) in [4.78, 5) is 0. The van der Waals surface area contributed by atoms with E-state index in [-0.39, 0.29) is 12.1 Å². The van der Waals surface area contributed by atoms with Crippen molar-refractivity contribution < 1.29 is 0 Å². The smallest absolute Gasteiger partial charge is 0.0781 e. The minimum atomic E-state index is 0.0727. The SMILES string of the molecule is Cc1ccc(C(C)NC(C)c2ccc(Cl)c(Cl)c2Cl)cc1. The third-order valence-corrected chi connectivity index (χ3v) is 4.92. The Kier molecular flexibility index (Phi) is 5.56. The summed E-state index contributed by atoms with van der Waals surface area (Å²) in [6.45, 7) is 6.28. The first-order valence-corrected chi connectivity index (χ1v) is 7.99. The number of nitrogens with one attached hydrogen (secondary N) is 1. The van der Waals surface area contributed by atoms with Gasteiger partial charge in [0.25, 0.3) is 0 Å². The Morgan fingerprint density at radius 3 is 2.05 bits per heavy atom. The predicted molar refractivity (Wildman–Crippen MR) is 92.6 cm³/mol. The van der Waals surface area contributed by atoms with Crippen LogP contribution in [0, 0.1) is 6.92 Å². The van der Waals surface area contributed by atoms with E-state index < -0.39 is 0 Å². The van der Waals surface area contributed by atoms with E-state index in [2.05, 4.69) is 50.4 Å². The zero-order valence-corrected chi connectivity index (χ0v) is 14.5.